The maximum Gasteiger partial charge on any atom is 0.264 e. The van der Waals surface area contributed by atoms with Gasteiger partial charge in [0.1, 0.15) is 5.82 Å². The molecule has 0 spiro atoms. The molecule has 0 radical (unpaired) electrons. The van der Waals surface area contributed by atoms with Crippen molar-refractivity contribution in [3.05, 3.63) is 96.1 Å². The van der Waals surface area contributed by atoms with Gasteiger partial charge in [0.2, 0.25) is 5.03 Å². The third kappa shape index (κ3) is 4.23. The Bertz CT molecular complexity index is 1720. The summed E-state index contributed by atoms with van der Waals surface area (Å²) in [6.45, 7) is 3.12. The van der Waals surface area contributed by atoms with Gasteiger partial charge >= 0.3 is 0 Å². The normalized spacial score (nSPS) is 16.8. The average Bonchev–Trinajstić information content (AvgIpc) is 3.55. The number of hydrogen-bond acceptors (Lipinski definition) is 6. The Labute approximate surface area is 219 Å². The van der Waals surface area contributed by atoms with E-state index in [-0.39, 0.29) is 23.4 Å². The fourth-order valence-corrected chi connectivity index (χ4v) is 6.42. The van der Waals surface area contributed by atoms with E-state index in [1.807, 2.05) is 37.3 Å². The van der Waals surface area contributed by atoms with Crippen molar-refractivity contribution < 1.29 is 12.8 Å². The Hall–Kier alpha value is -4.09. The van der Waals surface area contributed by atoms with E-state index in [2.05, 4.69) is 32.3 Å². The third-order valence-corrected chi connectivity index (χ3v) is 8.73. The van der Waals surface area contributed by atoms with Gasteiger partial charge in [0.15, 0.2) is 0 Å². The van der Waals surface area contributed by atoms with E-state index in [0.717, 1.165) is 33.4 Å². The molecule has 0 saturated carbocycles. The second kappa shape index (κ2) is 9.34. The number of piperazine rings is 1. The van der Waals surface area contributed by atoms with E-state index < -0.39 is 10.0 Å². The molecule has 3 heterocycles. The average molecular weight is 532 g/mol. The molecule has 0 aliphatic carbocycles. The summed E-state index contributed by atoms with van der Waals surface area (Å²) in [5, 5.41) is 13.4. The SMILES string of the molecule is Cc1cc2c(cnn2-c2ccc(F)cc2)cc1C1CN(S(=O)(=O)c2cnn(C)n2)CCN1c1ccccc1. The highest BCUT2D eigenvalue weighted by atomic mass is 32.2. The van der Waals surface area contributed by atoms with Crippen LogP contribution < -0.4 is 4.90 Å². The number of halogens is 1. The van der Waals surface area contributed by atoms with Gasteiger partial charge in [0.05, 0.1) is 29.6 Å². The van der Waals surface area contributed by atoms with Crippen LogP contribution in [0.2, 0.25) is 0 Å². The van der Waals surface area contributed by atoms with Gasteiger partial charge in [-0.1, -0.05) is 18.2 Å². The topological polar surface area (TPSA) is 89.2 Å². The summed E-state index contributed by atoms with van der Waals surface area (Å²) in [5.74, 6) is -0.303. The van der Waals surface area contributed by atoms with E-state index in [1.54, 1.807) is 30.1 Å². The Morgan fingerprint density at radius 2 is 1.68 bits per heavy atom. The standard InChI is InChI=1S/C27H26FN7O2S/c1-19-14-25-20(16-30-35(25)23-10-8-21(28)9-11-23)15-24(19)26-18-33(38(36,37)27-17-29-32(2)31-27)12-13-34(26)22-6-4-3-5-7-22/h3-11,14-17,26H,12-13,18H2,1-2H3. The minimum Gasteiger partial charge on any atom is -0.362 e. The number of rotatable bonds is 5. The molecule has 6 rings (SSSR count). The number of sulfonamides is 1. The summed E-state index contributed by atoms with van der Waals surface area (Å²) in [7, 11) is -2.22. The minimum absolute atomic E-state index is 0.0559. The second-order valence-electron chi connectivity index (χ2n) is 9.38. The molecule has 1 saturated heterocycles. The Morgan fingerprint density at radius 1 is 0.921 bits per heavy atom. The van der Waals surface area contributed by atoms with Gasteiger partial charge in [-0.05, 0) is 66.6 Å². The van der Waals surface area contributed by atoms with Crippen LogP contribution in [0.15, 0.2) is 84.1 Å². The first-order chi connectivity index (χ1) is 18.3. The van der Waals surface area contributed by atoms with Crippen LogP contribution in [0.25, 0.3) is 16.6 Å². The van der Waals surface area contributed by atoms with Gasteiger partial charge in [-0.15, -0.1) is 5.10 Å². The summed E-state index contributed by atoms with van der Waals surface area (Å²) in [4.78, 5) is 3.50. The van der Waals surface area contributed by atoms with Crippen molar-refractivity contribution in [3.63, 3.8) is 0 Å². The smallest absolute Gasteiger partial charge is 0.264 e. The molecule has 5 aromatic rings. The molecule has 1 atom stereocenters. The van der Waals surface area contributed by atoms with Crippen LogP contribution in [-0.2, 0) is 17.1 Å². The number of nitrogens with zero attached hydrogens (tertiary/aromatic N) is 7. The van der Waals surface area contributed by atoms with Crippen LogP contribution in [-0.4, -0.2) is 57.1 Å². The van der Waals surface area contributed by atoms with Crippen LogP contribution in [0.1, 0.15) is 17.2 Å². The van der Waals surface area contributed by atoms with Crippen LogP contribution in [0.4, 0.5) is 10.1 Å². The first-order valence-corrected chi connectivity index (χ1v) is 13.7. The highest BCUT2D eigenvalue weighted by molar-refractivity contribution is 7.89. The van der Waals surface area contributed by atoms with Gasteiger partial charge in [-0.3, -0.25) is 0 Å². The van der Waals surface area contributed by atoms with E-state index in [1.165, 1.54) is 27.4 Å². The van der Waals surface area contributed by atoms with Crippen molar-refractivity contribution in [3.8, 4) is 5.69 Å². The van der Waals surface area contributed by atoms with Crippen LogP contribution >= 0.6 is 0 Å². The lowest BCUT2D eigenvalue weighted by atomic mass is 9.96. The van der Waals surface area contributed by atoms with Crippen molar-refractivity contribution in [2.45, 2.75) is 18.0 Å². The Balaban J connectivity index is 1.42. The van der Waals surface area contributed by atoms with E-state index in [0.29, 0.717) is 13.1 Å². The Kier molecular flexibility index (Phi) is 5.96. The zero-order valence-electron chi connectivity index (χ0n) is 20.9. The van der Waals surface area contributed by atoms with Crippen molar-refractivity contribution >= 4 is 26.6 Å². The summed E-state index contributed by atoms with van der Waals surface area (Å²) in [6, 6.07) is 20.1. The number of aryl methyl sites for hydroxylation is 2. The van der Waals surface area contributed by atoms with Crippen molar-refractivity contribution in [2.24, 2.45) is 7.05 Å². The molecule has 1 fully saturated rings. The molecule has 2 aromatic heterocycles. The van der Waals surface area contributed by atoms with E-state index in [9.17, 15) is 12.8 Å². The first-order valence-electron chi connectivity index (χ1n) is 12.2. The number of fused-ring (bicyclic) bond motifs is 1. The molecular weight excluding hydrogens is 505 g/mol. The first kappa shape index (κ1) is 24.3. The number of para-hydroxylation sites is 1. The fourth-order valence-electron chi connectivity index (χ4n) is 5.09. The van der Waals surface area contributed by atoms with Gasteiger partial charge in [0, 0.05) is 37.8 Å². The number of anilines is 1. The minimum atomic E-state index is -3.81. The number of aromatic nitrogens is 5. The molecule has 0 bridgehead atoms. The lowest BCUT2D eigenvalue weighted by Gasteiger charge is -2.42. The highest BCUT2D eigenvalue weighted by Crippen LogP contribution is 2.36. The second-order valence-corrected chi connectivity index (χ2v) is 11.3. The van der Waals surface area contributed by atoms with Crippen LogP contribution in [0.5, 0.6) is 0 Å². The quantitative estimate of drug-likeness (QED) is 0.342. The molecule has 38 heavy (non-hydrogen) atoms. The maximum absolute atomic E-state index is 13.5. The summed E-state index contributed by atoms with van der Waals surface area (Å²) >= 11 is 0. The van der Waals surface area contributed by atoms with Gasteiger partial charge < -0.3 is 4.90 Å². The largest absolute Gasteiger partial charge is 0.362 e. The molecule has 9 nitrogen and oxygen atoms in total. The van der Waals surface area contributed by atoms with Crippen LogP contribution in [0, 0.1) is 12.7 Å². The van der Waals surface area contributed by atoms with Gasteiger partial charge in [-0.25, -0.2) is 17.5 Å². The van der Waals surface area contributed by atoms with E-state index >= 15 is 0 Å². The molecule has 1 aliphatic heterocycles. The van der Waals surface area contributed by atoms with Crippen LogP contribution in [0.3, 0.4) is 0 Å². The fraction of sp³-hybridized carbons (Fsp3) is 0.222. The van der Waals surface area contributed by atoms with E-state index in [4.69, 9.17) is 0 Å². The summed E-state index contributed by atoms with van der Waals surface area (Å²) in [5.41, 5.74) is 4.70. The monoisotopic (exact) mass is 531 g/mol. The zero-order valence-corrected chi connectivity index (χ0v) is 21.8. The summed E-state index contributed by atoms with van der Waals surface area (Å²) in [6.07, 6.45) is 3.07. The summed E-state index contributed by atoms with van der Waals surface area (Å²) < 4.78 is 43.7. The number of benzene rings is 3. The van der Waals surface area contributed by atoms with Gasteiger partial charge in [0.25, 0.3) is 10.0 Å². The third-order valence-electron chi connectivity index (χ3n) is 7.00. The molecule has 3 aromatic carbocycles. The predicted molar refractivity (Wildman–Crippen MR) is 142 cm³/mol. The molecule has 1 aliphatic rings. The molecular formula is C27H26FN7O2S. The maximum atomic E-state index is 13.5. The zero-order chi connectivity index (χ0) is 26.4. The van der Waals surface area contributed by atoms with Crippen molar-refractivity contribution in [1.29, 1.82) is 0 Å². The van der Waals surface area contributed by atoms with Crippen molar-refractivity contribution in [2.75, 3.05) is 24.5 Å². The lowest BCUT2D eigenvalue weighted by Crippen LogP contribution is -2.50. The Morgan fingerprint density at radius 3 is 2.39 bits per heavy atom. The molecule has 0 N–H and O–H groups in total. The van der Waals surface area contributed by atoms with Gasteiger partial charge in [-0.2, -0.15) is 19.3 Å². The lowest BCUT2D eigenvalue weighted by molar-refractivity contribution is 0.334. The molecule has 11 heteroatoms. The molecule has 194 valence electrons. The molecule has 0 amide bonds. The van der Waals surface area contributed by atoms with Crippen molar-refractivity contribution in [1.82, 2.24) is 29.1 Å². The molecule has 1 unspecified atom stereocenters. The predicted octanol–water partition coefficient (Wildman–Crippen LogP) is 3.85. The number of hydrogen-bond donors (Lipinski definition) is 0. The highest BCUT2D eigenvalue weighted by Gasteiger charge is 2.37.